The second kappa shape index (κ2) is 10.5. The molecule has 0 aliphatic heterocycles. The molecule has 0 heterocycles. The maximum atomic E-state index is 12.4. The van der Waals surface area contributed by atoms with Gasteiger partial charge in [0.05, 0.1) is 0 Å². The van der Waals surface area contributed by atoms with E-state index in [2.05, 4.69) is 5.32 Å². The molecule has 1 amide bonds. The maximum Gasteiger partial charge on any atom is 0.329 e. The fraction of sp³-hybridized carbons (Fsp3) is 0.286. The molecule has 27 heavy (non-hydrogen) atoms. The number of nitrogens with one attached hydrogen (secondary N) is 1. The Morgan fingerprint density at radius 2 is 1.67 bits per heavy atom. The molecule has 1 N–H and O–H groups in total. The van der Waals surface area contributed by atoms with Crippen molar-refractivity contribution in [3.05, 3.63) is 71.3 Å². The van der Waals surface area contributed by atoms with Crippen molar-refractivity contribution < 1.29 is 19.1 Å². The van der Waals surface area contributed by atoms with E-state index in [0.29, 0.717) is 23.3 Å². The molecule has 2 aromatic carbocycles. The quantitative estimate of drug-likeness (QED) is 0.530. The lowest BCUT2D eigenvalue weighted by Gasteiger charge is -2.17. The van der Waals surface area contributed by atoms with Crippen LogP contribution in [0.3, 0.4) is 0 Å². The number of esters is 1. The van der Waals surface area contributed by atoms with E-state index in [1.165, 1.54) is 0 Å². The highest BCUT2D eigenvalue weighted by molar-refractivity contribution is 7.98. The van der Waals surface area contributed by atoms with E-state index in [-0.39, 0.29) is 18.3 Å². The van der Waals surface area contributed by atoms with Crippen molar-refractivity contribution in [3.63, 3.8) is 0 Å². The number of benzene rings is 2. The van der Waals surface area contributed by atoms with Gasteiger partial charge in [-0.3, -0.25) is 9.59 Å². The van der Waals surface area contributed by atoms with E-state index in [0.717, 1.165) is 5.56 Å². The summed E-state index contributed by atoms with van der Waals surface area (Å²) in [6, 6.07) is 14.9. The Balaban J connectivity index is 1.96. The number of carbonyl (C=O) groups is 3. The Kier molecular flexibility index (Phi) is 8.07. The molecule has 0 spiro atoms. The highest BCUT2D eigenvalue weighted by atomic mass is 32.2. The number of hydrogen-bond donors (Lipinski definition) is 1. The molecule has 0 aliphatic rings. The van der Waals surface area contributed by atoms with Crippen molar-refractivity contribution in [3.8, 4) is 0 Å². The smallest absolute Gasteiger partial charge is 0.329 e. The van der Waals surface area contributed by atoms with Crippen LogP contribution in [-0.2, 0) is 9.53 Å². The number of Topliss-reactive ketones (excluding diaryl/α,β-unsaturated/α-hetero) is 1. The molecule has 1 atom stereocenters. The molecule has 6 heteroatoms. The molecule has 0 bridgehead atoms. The van der Waals surface area contributed by atoms with Crippen molar-refractivity contribution in [1.29, 1.82) is 0 Å². The Hall–Kier alpha value is -2.60. The van der Waals surface area contributed by atoms with Crippen molar-refractivity contribution in [2.24, 2.45) is 0 Å². The summed E-state index contributed by atoms with van der Waals surface area (Å²) in [6.07, 6.45) is 2.35. The van der Waals surface area contributed by atoms with E-state index >= 15 is 0 Å². The summed E-state index contributed by atoms with van der Waals surface area (Å²) in [7, 11) is 0. The normalized spacial score (nSPS) is 11.5. The lowest BCUT2D eigenvalue weighted by molar-refractivity contribution is -0.144. The molecule has 0 aliphatic carbocycles. The van der Waals surface area contributed by atoms with Gasteiger partial charge in [0, 0.05) is 11.1 Å². The van der Waals surface area contributed by atoms with Crippen molar-refractivity contribution in [2.45, 2.75) is 19.4 Å². The molecule has 0 aromatic heterocycles. The van der Waals surface area contributed by atoms with Gasteiger partial charge in [-0.15, -0.1) is 0 Å². The number of hydrogen-bond acceptors (Lipinski definition) is 5. The third kappa shape index (κ3) is 6.57. The van der Waals surface area contributed by atoms with Gasteiger partial charge in [0.2, 0.25) is 0 Å². The van der Waals surface area contributed by atoms with Gasteiger partial charge in [-0.25, -0.2) is 4.79 Å². The average Bonchev–Trinajstić information content (AvgIpc) is 2.70. The summed E-state index contributed by atoms with van der Waals surface area (Å²) in [5.74, 6) is -0.542. The number of ether oxygens (including phenoxy) is 1. The lowest BCUT2D eigenvalue weighted by Crippen LogP contribution is -2.42. The van der Waals surface area contributed by atoms with Gasteiger partial charge in [0.15, 0.2) is 12.4 Å². The van der Waals surface area contributed by atoms with Gasteiger partial charge in [-0.2, -0.15) is 11.8 Å². The van der Waals surface area contributed by atoms with Crippen molar-refractivity contribution in [2.75, 3.05) is 18.6 Å². The third-order valence-electron chi connectivity index (χ3n) is 3.96. The zero-order chi connectivity index (χ0) is 19.6. The van der Waals surface area contributed by atoms with Gasteiger partial charge in [0.25, 0.3) is 5.91 Å². The summed E-state index contributed by atoms with van der Waals surface area (Å²) >= 11 is 1.57. The monoisotopic (exact) mass is 385 g/mol. The first-order chi connectivity index (χ1) is 13.0. The molecular formula is C21H23NO4S. The van der Waals surface area contributed by atoms with Crippen LogP contribution in [0.2, 0.25) is 0 Å². The van der Waals surface area contributed by atoms with Gasteiger partial charge in [0.1, 0.15) is 6.04 Å². The number of amides is 1. The Morgan fingerprint density at radius 1 is 1.00 bits per heavy atom. The minimum absolute atomic E-state index is 0.277. The van der Waals surface area contributed by atoms with Crippen molar-refractivity contribution in [1.82, 2.24) is 5.32 Å². The van der Waals surface area contributed by atoms with E-state index in [9.17, 15) is 14.4 Å². The van der Waals surface area contributed by atoms with Crippen LogP contribution in [0.1, 0.15) is 32.7 Å². The Labute approximate surface area is 163 Å². The average molecular weight is 385 g/mol. The van der Waals surface area contributed by atoms with Crippen LogP contribution in [0.25, 0.3) is 0 Å². The SMILES string of the molecule is CSCC[C@H](NC(=O)c1ccccc1)C(=O)OCC(=O)c1ccc(C)cc1. The van der Waals surface area contributed by atoms with Gasteiger partial charge in [-0.1, -0.05) is 48.0 Å². The van der Waals surface area contributed by atoms with Gasteiger partial charge >= 0.3 is 5.97 Å². The zero-order valence-electron chi connectivity index (χ0n) is 15.4. The van der Waals surface area contributed by atoms with Gasteiger partial charge in [-0.05, 0) is 37.5 Å². The van der Waals surface area contributed by atoms with Gasteiger partial charge < -0.3 is 10.1 Å². The van der Waals surface area contributed by atoms with Crippen LogP contribution < -0.4 is 5.32 Å². The number of carbonyl (C=O) groups excluding carboxylic acids is 3. The Morgan fingerprint density at radius 3 is 2.30 bits per heavy atom. The molecule has 0 radical (unpaired) electrons. The summed E-state index contributed by atoms with van der Waals surface area (Å²) in [6.45, 7) is 1.58. The molecule has 5 nitrogen and oxygen atoms in total. The summed E-state index contributed by atoms with van der Waals surface area (Å²) < 4.78 is 5.17. The van der Waals surface area contributed by atoms with Crippen LogP contribution in [0.15, 0.2) is 54.6 Å². The first-order valence-electron chi connectivity index (χ1n) is 8.62. The highest BCUT2D eigenvalue weighted by Gasteiger charge is 2.23. The summed E-state index contributed by atoms with van der Waals surface area (Å²) in [5.41, 5.74) is 2.00. The third-order valence-corrected chi connectivity index (χ3v) is 4.60. The molecule has 0 unspecified atom stereocenters. The van der Waals surface area contributed by atoms with E-state index < -0.39 is 12.0 Å². The van der Waals surface area contributed by atoms with Crippen LogP contribution >= 0.6 is 11.8 Å². The molecule has 2 aromatic rings. The van der Waals surface area contributed by atoms with Crippen LogP contribution in [-0.4, -0.2) is 42.3 Å². The number of thioether (sulfide) groups is 1. The predicted molar refractivity (Wildman–Crippen MR) is 107 cm³/mol. The van der Waals surface area contributed by atoms with Crippen LogP contribution in [0.4, 0.5) is 0 Å². The van der Waals surface area contributed by atoms with Crippen LogP contribution in [0, 0.1) is 6.92 Å². The predicted octanol–water partition coefficient (Wildman–Crippen LogP) is 3.27. The van der Waals surface area contributed by atoms with E-state index in [1.807, 2.05) is 31.4 Å². The fourth-order valence-corrected chi connectivity index (χ4v) is 2.85. The van der Waals surface area contributed by atoms with E-state index in [1.54, 1.807) is 48.2 Å². The second-order valence-electron chi connectivity index (χ2n) is 6.07. The molecule has 2 rings (SSSR count). The molecule has 142 valence electrons. The minimum atomic E-state index is -0.795. The maximum absolute atomic E-state index is 12.4. The first kappa shape index (κ1) is 20.7. The number of aryl methyl sites for hydroxylation is 1. The molecule has 0 saturated carbocycles. The van der Waals surface area contributed by atoms with E-state index in [4.69, 9.17) is 4.74 Å². The fourth-order valence-electron chi connectivity index (χ4n) is 2.38. The lowest BCUT2D eigenvalue weighted by atomic mass is 10.1. The van der Waals surface area contributed by atoms with Crippen LogP contribution in [0.5, 0.6) is 0 Å². The number of ketones is 1. The zero-order valence-corrected chi connectivity index (χ0v) is 16.3. The molecule has 0 saturated heterocycles. The largest absolute Gasteiger partial charge is 0.456 e. The summed E-state index contributed by atoms with van der Waals surface area (Å²) in [5, 5.41) is 2.70. The number of rotatable bonds is 9. The van der Waals surface area contributed by atoms with Crippen molar-refractivity contribution >= 4 is 29.4 Å². The minimum Gasteiger partial charge on any atom is -0.456 e. The standard InChI is InChI=1S/C21H23NO4S/c1-15-8-10-16(11-9-15)19(23)14-26-21(25)18(12-13-27-2)22-20(24)17-6-4-3-5-7-17/h3-11,18H,12-14H2,1-2H3,(H,22,24)/t18-/m0/s1. The summed E-state index contributed by atoms with van der Waals surface area (Å²) in [4.78, 5) is 36.9. The molecular weight excluding hydrogens is 362 g/mol. The highest BCUT2D eigenvalue weighted by Crippen LogP contribution is 2.08. The topological polar surface area (TPSA) is 72.5 Å². The second-order valence-corrected chi connectivity index (χ2v) is 7.06. The Bertz CT molecular complexity index is 775. The molecule has 0 fully saturated rings. The first-order valence-corrected chi connectivity index (χ1v) is 10.0.